The Kier molecular flexibility index (Phi) is 10.5. The molecule has 0 aliphatic carbocycles. The van der Waals surface area contributed by atoms with Gasteiger partial charge in [0.25, 0.3) is 5.91 Å². The minimum absolute atomic E-state index is 0.0315. The molecule has 4 nitrogen and oxygen atoms in total. The van der Waals surface area contributed by atoms with Crippen molar-refractivity contribution in [2.45, 2.75) is 72.0 Å². The molecule has 5 heteroatoms. The van der Waals surface area contributed by atoms with E-state index in [1.807, 2.05) is 65.7 Å². The van der Waals surface area contributed by atoms with Crippen LogP contribution in [0.25, 0.3) is 0 Å². The first-order valence-electron chi connectivity index (χ1n) is 12.8. The Balaban J connectivity index is 1.75. The van der Waals surface area contributed by atoms with Gasteiger partial charge in [0.1, 0.15) is 6.54 Å². The fourth-order valence-corrected chi connectivity index (χ4v) is 4.80. The van der Waals surface area contributed by atoms with Gasteiger partial charge in [0.2, 0.25) is 5.91 Å². The minimum Gasteiger partial charge on any atom is -0.332 e. The van der Waals surface area contributed by atoms with Crippen molar-refractivity contribution in [2.75, 3.05) is 6.54 Å². The van der Waals surface area contributed by atoms with Crippen LogP contribution >= 0.6 is 11.3 Å². The number of nitrogens with zero attached hydrogens (tertiary/aromatic N) is 2. The van der Waals surface area contributed by atoms with E-state index in [1.54, 1.807) is 16.2 Å². The summed E-state index contributed by atoms with van der Waals surface area (Å²) in [5.41, 5.74) is 2.98. The largest absolute Gasteiger partial charge is 0.332 e. The van der Waals surface area contributed by atoms with Crippen molar-refractivity contribution < 1.29 is 9.59 Å². The van der Waals surface area contributed by atoms with Crippen molar-refractivity contribution in [1.82, 2.24) is 9.80 Å². The predicted octanol–water partition coefficient (Wildman–Crippen LogP) is 6.95. The fourth-order valence-electron chi connectivity index (χ4n) is 4.08. The number of unbranched alkanes of at least 4 members (excludes halogenated alkanes) is 2. The van der Waals surface area contributed by atoms with E-state index in [1.165, 1.54) is 24.8 Å². The minimum atomic E-state index is -0.0800. The van der Waals surface area contributed by atoms with Crippen LogP contribution in [0.2, 0.25) is 0 Å². The summed E-state index contributed by atoms with van der Waals surface area (Å²) in [5.74, 6) is -0.115. The number of benzene rings is 2. The second-order valence-electron chi connectivity index (χ2n) is 9.16. The predicted molar refractivity (Wildman–Crippen MR) is 145 cm³/mol. The molecule has 0 spiro atoms. The number of hydrogen-bond donors (Lipinski definition) is 0. The Morgan fingerprint density at radius 1 is 0.857 bits per heavy atom. The zero-order valence-corrected chi connectivity index (χ0v) is 22.1. The molecule has 3 rings (SSSR count). The third-order valence-electron chi connectivity index (χ3n) is 6.46. The Bertz CT molecular complexity index is 1030. The zero-order valence-electron chi connectivity index (χ0n) is 21.3. The normalized spacial score (nSPS) is 11.7. The number of hydrogen-bond acceptors (Lipinski definition) is 3. The van der Waals surface area contributed by atoms with E-state index in [0.29, 0.717) is 18.7 Å². The van der Waals surface area contributed by atoms with Gasteiger partial charge in [0.05, 0.1) is 6.54 Å². The molecule has 186 valence electrons. The standard InChI is InChI=1S/C30H38N2O2S/c1-4-6-8-12-25-16-18-27(19-17-25)30(34)32(24(3)5-2)23-29(33)31(22-28-15-11-20-35-28)21-26-13-9-7-10-14-26/h7,9-11,13-20,24H,4-6,8,12,21-23H2,1-3H3. The van der Waals surface area contributed by atoms with Gasteiger partial charge in [-0.3, -0.25) is 9.59 Å². The maximum atomic E-state index is 13.6. The summed E-state index contributed by atoms with van der Waals surface area (Å²) < 4.78 is 0. The number of carbonyl (C=O) groups excluding carboxylic acids is 2. The number of rotatable bonds is 13. The van der Waals surface area contributed by atoms with Crippen molar-refractivity contribution >= 4 is 23.2 Å². The number of carbonyl (C=O) groups is 2. The summed E-state index contributed by atoms with van der Waals surface area (Å²) in [7, 11) is 0. The molecular weight excluding hydrogens is 452 g/mol. The second-order valence-corrected chi connectivity index (χ2v) is 10.2. The Labute approximate surface area is 214 Å². The van der Waals surface area contributed by atoms with Crippen LogP contribution in [0, 0.1) is 0 Å². The number of aryl methyl sites for hydroxylation is 1. The Morgan fingerprint density at radius 2 is 1.60 bits per heavy atom. The average Bonchev–Trinajstić information content (AvgIpc) is 3.40. The van der Waals surface area contributed by atoms with Crippen LogP contribution in [0.3, 0.4) is 0 Å². The SMILES string of the molecule is CCCCCc1ccc(C(=O)N(CC(=O)N(Cc2ccccc2)Cc2cccs2)C(C)CC)cc1. The molecule has 0 aliphatic heterocycles. The third-order valence-corrected chi connectivity index (χ3v) is 7.32. The fraction of sp³-hybridized carbons (Fsp3) is 0.400. The van der Waals surface area contributed by atoms with Crippen LogP contribution in [0.5, 0.6) is 0 Å². The molecule has 0 saturated heterocycles. The molecule has 0 radical (unpaired) electrons. The molecule has 0 N–H and O–H groups in total. The van der Waals surface area contributed by atoms with Gasteiger partial charge in [-0.25, -0.2) is 0 Å². The second kappa shape index (κ2) is 13.8. The van der Waals surface area contributed by atoms with Gasteiger partial charge in [-0.15, -0.1) is 11.3 Å². The van der Waals surface area contributed by atoms with Gasteiger partial charge in [-0.05, 0) is 60.9 Å². The van der Waals surface area contributed by atoms with Crippen LogP contribution in [-0.4, -0.2) is 34.2 Å². The maximum absolute atomic E-state index is 13.6. The highest BCUT2D eigenvalue weighted by Crippen LogP contribution is 2.18. The summed E-state index contributed by atoms with van der Waals surface area (Å²) in [4.78, 5) is 31.8. The molecular formula is C30H38N2O2S. The van der Waals surface area contributed by atoms with Crippen LogP contribution in [0.1, 0.15) is 72.8 Å². The van der Waals surface area contributed by atoms with E-state index in [2.05, 4.69) is 32.0 Å². The van der Waals surface area contributed by atoms with Crippen molar-refractivity contribution in [2.24, 2.45) is 0 Å². The first-order valence-corrected chi connectivity index (χ1v) is 13.6. The van der Waals surface area contributed by atoms with Gasteiger partial charge < -0.3 is 9.80 Å². The molecule has 0 saturated carbocycles. The average molecular weight is 491 g/mol. The van der Waals surface area contributed by atoms with Gasteiger partial charge in [-0.1, -0.05) is 75.2 Å². The van der Waals surface area contributed by atoms with Crippen molar-refractivity contribution in [3.05, 3.63) is 93.7 Å². The van der Waals surface area contributed by atoms with E-state index in [4.69, 9.17) is 0 Å². The highest BCUT2D eigenvalue weighted by Gasteiger charge is 2.26. The molecule has 2 amide bonds. The maximum Gasteiger partial charge on any atom is 0.254 e. The van der Waals surface area contributed by atoms with Crippen molar-refractivity contribution in [3.63, 3.8) is 0 Å². The summed E-state index contributed by atoms with van der Waals surface area (Å²) in [6.45, 7) is 7.41. The molecule has 1 unspecified atom stereocenters. The molecule has 1 heterocycles. The molecule has 3 aromatic rings. The molecule has 0 bridgehead atoms. The smallest absolute Gasteiger partial charge is 0.254 e. The molecule has 1 aromatic heterocycles. The summed E-state index contributed by atoms with van der Waals surface area (Å²) in [5, 5.41) is 2.03. The molecule has 2 aromatic carbocycles. The zero-order chi connectivity index (χ0) is 25.0. The van der Waals surface area contributed by atoms with Gasteiger partial charge in [0, 0.05) is 23.0 Å². The summed E-state index contributed by atoms with van der Waals surface area (Å²) in [6.07, 6.45) is 5.40. The number of thiophene rings is 1. The summed E-state index contributed by atoms with van der Waals surface area (Å²) in [6, 6.07) is 22.0. The monoisotopic (exact) mass is 490 g/mol. The van der Waals surface area contributed by atoms with E-state index in [0.717, 1.165) is 23.3 Å². The van der Waals surface area contributed by atoms with E-state index < -0.39 is 0 Å². The van der Waals surface area contributed by atoms with E-state index >= 15 is 0 Å². The lowest BCUT2D eigenvalue weighted by molar-refractivity contribution is -0.133. The Morgan fingerprint density at radius 3 is 2.23 bits per heavy atom. The van der Waals surface area contributed by atoms with E-state index in [9.17, 15) is 9.59 Å². The number of amides is 2. The van der Waals surface area contributed by atoms with Crippen LogP contribution in [0.15, 0.2) is 72.1 Å². The quantitative estimate of drug-likeness (QED) is 0.243. The van der Waals surface area contributed by atoms with E-state index in [-0.39, 0.29) is 24.4 Å². The molecule has 0 aliphatic rings. The van der Waals surface area contributed by atoms with Crippen LogP contribution in [0.4, 0.5) is 0 Å². The highest BCUT2D eigenvalue weighted by molar-refractivity contribution is 7.09. The lowest BCUT2D eigenvalue weighted by atomic mass is 10.0. The van der Waals surface area contributed by atoms with Crippen molar-refractivity contribution in [3.8, 4) is 0 Å². The topological polar surface area (TPSA) is 40.6 Å². The van der Waals surface area contributed by atoms with Crippen molar-refractivity contribution in [1.29, 1.82) is 0 Å². The van der Waals surface area contributed by atoms with Gasteiger partial charge >= 0.3 is 0 Å². The first kappa shape index (κ1) is 26.7. The van der Waals surface area contributed by atoms with Crippen LogP contribution < -0.4 is 0 Å². The highest BCUT2D eigenvalue weighted by atomic mass is 32.1. The lowest BCUT2D eigenvalue weighted by Gasteiger charge is -2.31. The lowest BCUT2D eigenvalue weighted by Crippen LogP contribution is -2.46. The first-order chi connectivity index (χ1) is 17.0. The van der Waals surface area contributed by atoms with Gasteiger partial charge in [-0.2, -0.15) is 0 Å². The molecule has 0 fully saturated rings. The Hall–Kier alpha value is -2.92. The third kappa shape index (κ3) is 8.07. The van der Waals surface area contributed by atoms with Crippen LogP contribution in [-0.2, 0) is 24.3 Å². The molecule has 35 heavy (non-hydrogen) atoms. The molecule has 1 atom stereocenters. The summed E-state index contributed by atoms with van der Waals surface area (Å²) >= 11 is 1.65. The van der Waals surface area contributed by atoms with Gasteiger partial charge in [0.15, 0.2) is 0 Å².